The molecule has 8 nitrogen and oxygen atoms in total. The third kappa shape index (κ3) is 4.56. The highest BCUT2D eigenvalue weighted by Gasteiger charge is 2.47. The van der Waals surface area contributed by atoms with E-state index < -0.39 is 17.7 Å². The van der Waals surface area contributed by atoms with Crippen LogP contribution < -0.4 is 4.74 Å². The molecule has 2 aliphatic rings. The van der Waals surface area contributed by atoms with E-state index in [1.165, 1.54) is 11.2 Å². The second-order valence-electron chi connectivity index (χ2n) is 7.84. The normalized spacial score (nSPS) is 21.3. The number of aliphatic hydroxyl groups is 1. The summed E-state index contributed by atoms with van der Waals surface area (Å²) in [5, 5.41) is 11.1. The van der Waals surface area contributed by atoms with E-state index in [0.717, 1.165) is 19.5 Å². The maximum absolute atomic E-state index is 13.0. The number of Topliss-reactive ketones (excluding diaryl/α,β-unsaturated/α-hetero) is 1. The fourth-order valence-electron chi connectivity index (χ4n) is 4.04. The fourth-order valence-corrected chi connectivity index (χ4v) is 4.04. The van der Waals surface area contributed by atoms with Crippen molar-refractivity contribution in [1.29, 1.82) is 0 Å². The number of carbonyl (C=O) groups excluding carboxylic acids is 2. The minimum absolute atomic E-state index is 0.0274. The molecule has 2 aromatic rings. The van der Waals surface area contributed by atoms with E-state index >= 15 is 0 Å². The van der Waals surface area contributed by atoms with Crippen molar-refractivity contribution in [2.24, 2.45) is 0 Å². The zero-order valence-electron chi connectivity index (χ0n) is 18.2. The largest absolute Gasteiger partial charge is 0.507 e. The Morgan fingerprint density at radius 2 is 1.97 bits per heavy atom. The van der Waals surface area contributed by atoms with Gasteiger partial charge in [-0.25, -0.2) is 0 Å². The van der Waals surface area contributed by atoms with Crippen molar-refractivity contribution in [3.05, 3.63) is 59.6 Å². The van der Waals surface area contributed by atoms with Gasteiger partial charge in [-0.15, -0.1) is 0 Å². The Hall–Kier alpha value is -3.10. The Morgan fingerprint density at radius 1 is 1.16 bits per heavy atom. The Labute approximate surface area is 187 Å². The molecule has 0 radical (unpaired) electrons. The van der Waals surface area contributed by atoms with Crippen molar-refractivity contribution in [1.82, 2.24) is 9.80 Å². The minimum atomic E-state index is -0.786. The maximum atomic E-state index is 13.0. The summed E-state index contributed by atoms with van der Waals surface area (Å²) in [7, 11) is 0. The molecule has 170 valence electrons. The van der Waals surface area contributed by atoms with Gasteiger partial charge in [0.25, 0.3) is 11.7 Å². The molecule has 1 atom stereocenters. The molecule has 3 heterocycles. The first-order valence-electron chi connectivity index (χ1n) is 10.9. The number of ether oxygens (including phenoxy) is 2. The third-order valence-electron chi connectivity index (χ3n) is 5.69. The molecule has 1 aromatic heterocycles. The first kappa shape index (κ1) is 22.1. The molecule has 1 unspecified atom stereocenters. The van der Waals surface area contributed by atoms with Crippen LogP contribution in [-0.2, 0) is 14.3 Å². The first-order valence-corrected chi connectivity index (χ1v) is 10.9. The zero-order valence-corrected chi connectivity index (χ0v) is 18.2. The predicted molar refractivity (Wildman–Crippen MR) is 117 cm³/mol. The fraction of sp³-hybridized carbons (Fsp3) is 0.417. The molecule has 1 amide bonds. The molecule has 0 bridgehead atoms. The standard InChI is InChI=1S/C24H28N2O6/c1-2-12-31-18-6-3-5-17(16-18)22(27)20-21(19-7-4-13-32-19)26(24(29)23(20)28)9-8-25-10-14-30-15-11-25/h3-7,13,16,21,27H,2,8-12,14-15H2,1H3. The number of aliphatic hydroxyl groups excluding tert-OH is 1. The van der Waals surface area contributed by atoms with E-state index in [9.17, 15) is 14.7 Å². The van der Waals surface area contributed by atoms with E-state index in [0.29, 0.717) is 50.0 Å². The summed E-state index contributed by atoms with van der Waals surface area (Å²) in [5.74, 6) is -0.566. The number of hydrogen-bond donors (Lipinski definition) is 1. The van der Waals surface area contributed by atoms with E-state index in [4.69, 9.17) is 13.9 Å². The number of morpholine rings is 1. The van der Waals surface area contributed by atoms with Crippen LogP contribution in [-0.4, -0.2) is 72.6 Å². The van der Waals surface area contributed by atoms with Crippen LogP contribution in [0.3, 0.4) is 0 Å². The Kier molecular flexibility index (Phi) is 6.92. The Morgan fingerprint density at radius 3 is 2.69 bits per heavy atom. The van der Waals surface area contributed by atoms with Gasteiger partial charge in [-0.2, -0.15) is 0 Å². The molecule has 1 N–H and O–H groups in total. The van der Waals surface area contributed by atoms with Crippen LogP contribution in [0.15, 0.2) is 52.7 Å². The van der Waals surface area contributed by atoms with Gasteiger partial charge in [-0.1, -0.05) is 19.1 Å². The molecular weight excluding hydrogens is 412 g/mol. The van der Waals surface area contributed by atoms with Crippen LogP contribution in [0.25, 0.3) is 5.76 Å². The van der Waals surface area contributed by atoms with E-state index in [2.05, 4.69) is 4.90 Å². The maximum Gasteiger partial charge on any atom is 0.295 e. The Balaban J connectivity index is 1.66. The lowest BCUT2D eigenvalue weighted by Gasteiger charge is -2.30. The lowest BCUT2D eigenvalue weighted by Crippen LogP contribution is -2.42. The number of benzene rings is 1. The molecule has 2 aliphatic heterocycles. The van der Waals surface area contributed by atoms with Crippen molar-refractivity contribution in [2.75, 3.05) is 46.0 Å². The van der Waals surface area contributed by atoms with Crippen LogP contribution >= 0.6 is 0 Å². The summed E-state index contributed by atoms with van der Waals surface area (Å²) < 4.78 is 16.6. The van der Waals surface area contributed by atoms with Crippen molar-refractivity contribution in [3.63, 3.8) is 0 Å². The van der Waals surface area contributed by atoms with Gasteiger partial charge in [0.15, 0.2) is 0 Å². The van der Waals surface area contributed by atoms with Crippen LogP contribution in [0.2, 0.25) is 0 Å². The SMILES string of the molecule is CCCOc1cccc(C(O)=C2C(=O)C(=O)N(CCN3CCOCC3)C2c2ccco2)c1. The number of likely N-dealkylation sites (tertiary alicyclic amines) is 1. The summed E-state index contributed by atoms with van der Waals surface area (Å²) in [4.78, 5) is 29.7. The number of furan rings is 1. The van der Waals surface area contributed by atoms with Crippen LogP contribution in [0.1, 0.15) is 30.7 Å². The highest BCUT2D eigenvalue weighted by molar-refractivity contribution is 6.46. The second-order valence-corrected chi connectivity index (χ2v) is 7.84. The van der Waals surface area contributed by atoms with Gasteiger partial charge in [0.05, 0.1) is 31.7 Å². The Bertz CT molecular complexity index is 978. The summed E-state index contributed by atoms with van der Waals surface area (Å²) in [6, 6.07) is 9.53. The second kappa shape index (κ2) is 10.0. The van der Waals surface area contributed by atoms with E-state index in [1.807, 2.05) is 6.92 Å². The highest BCUT2D eigenvalue weighted by Crippen LogP contribution is 2.39. The summed E-state index contributed by atoms with van der Waals surface area (Å²) in [5.41, 5.74) is 0.445. The molecule has 2 fully saturated rings. The number of hydrogen-bond acceptors (Lipinski definition) is 7. The third-order valence-corrected chi connectivity index (χ3v) is 5.69. The lowest BCUT2D eigenvalue weighted by atomic mass is 9.99. The van der Waals surface area contributed by atoms with Gasteiger partial charge in [0.2, 0.25) is 0 Å². The molecule has 1 aromatic carbocycles. The quantitative estimate of drug-likeness (QED) is 0.383. The van der Waals surface area contributed by atoms with Crippen molar-refractivity contribution in [2.45, 2.75) is 19.4 Å². The zero-order chi connectivity index (χ0) is 22.5. The number of nitrogens with zero attached hydrogens (tertiary/aromatic N) is 2. The van der Waals surface area contributed by atoms with Gasteiger partial charge in [-0.3, -0.25) is 14.5 Å². The smallest absolute Gasteiger partial charge is 0.295 e. The highest BCUT2D eigenvalue weighted by atomic mass is 16.5. The molecule has 0 saturated carbocycles. The van der Waals surface area contributed by atoms with Crippen molar-refractivity contribution in [3.8, 4) is 5.75 Å². The molecule has 0 aliphatic carbocycles. The van der Waals surface area contributed by atoms with Gasteiger partial charge in [0, 0.05) is 31.7 Å². The monoisotopic (exact) mass is 440 g/mol. The molecule has 8 heteroatoms. The van der Waals surface area contributed by atoms with Gasteiger partial charge in [-0.05, 0) is 30.7 Å². The van der Waals surface area contributed by atoms with E-state index in [1.54, 1.807) is 36.4 Å². The topological polar surface area (TPSA) is 92.5 Å². The lowest BCUT2D eigenvalue weighted by molar-refractivity contribution is -0.140. The number of carbonyl (C=O) groups is 2. The predicted octanol–water partition coefficient (Wildman–Crippen LogP) is 2.82. The molecule has 4 rings (SSSR count). The summed E-state index contributed by atoms with van der Waals surface area (Å²) in [6.07, 6.45) is 2.35. The average Bonchev–Trinajstić information content (AvgIpc) is 3.44. The van der Waals surface area contributed by atoms with Gasteiger partial charge < -0.3 is 23.9 Å². The molecule has 2 saturated heterocycles. The van der Waals surface area contributed by atoms with Gasteiger partial charge >= 0.3 is 0 Å². The minimum Gasteiger partial charge on any atom is -0.507 e. The summed E-state index contributed by atoms with van der Waals surface area (Å²) >= 11 is 0. The summed E-state index contributed by atoms with van der Waals surface area (Å²) in [6.45, 7) is 6.35. The number of amides is 1. The molecular formula is C24H28N2O6. The number of ketones is 1. The van der Waals surface area contributed by atoms with Crippen molar-refractivity contribution < 1.29 is 28.6 Å². The van der Waals surface area contributed by atoms with Gasteiger partial charge in [0.1, 0.15) is 23.3 Å². The van der Waals surface area contributed by atoms with Crippen LogP contribution in [0, 0.1) is 0 Å². The van der Waals surface area contributed by atoms with Crippen LogP contribution in [0.5, 0.6) is 5.75 Å². The first-order chi connectivity index (χ1) is 15.6. The molecule has 0 spiro atoms. The number of rotatable bonds is 8. The van der Waals surface area contributed by atoms with Crippen molar-refractivity contribution >= 4 is 17.4 Å². The van der Waals surface area contributed by atoms with Crippen LogP contribution in [0.4, 0.5) is 0 Å². The average molecular weight is 440 g/mol. The molecule has 32 heavy (non-hydrogen) atoms. The van der Waals surface area contributed by atoms with E-state index in [-0.39, 0.29) is 11.3 Å².